The average molecular weight is 207 g/mol. The maximum Gasteiger partial charge on any atom is 0.129 e. The van der Waals surface area contributed by atoms with E-state index in [0.717, 1.165) is 17.4 Å². The van der Waals surface area contributed by atoms with Gasteiger partial charge in [0, 0.05) is 17.8 Å². The van der Waals surface area contributed by atoms with Gasteiger partial charge in [0.15, 0.2) is 0 Å². The van der Waals surface area contributed by atoms with E-state index in [0.29, 0.717) is 6.04 Å². The molecule has 0 fully saturated rings. The van der Waals surface area contributed by atoms with Gasteiger partial charge in [0.05, 0.1) is 0 Å². The molecule has 3 nitrogen and oxygen atoms in total. The van der Waals surface area contributed by atoms with E-state index in [2.05, 4.69) is 36.1 Å². The molecule has 3 heteroatoms. The van der Waals surface area contributed by atoms with Gasteiger partial charge in [-0.3, -0.25) is 0 Å². The van der Waals surface area contributed by atoms with E-state index < -0.39 is 0 Å². The molecular weight excluding hydrogens is 186 g/mol. The van der Waals surface area contributed by atoms with Crippen LogP contribution in [0.3, 0.4) is 0 Å². The van der Waals surface area contributed by atoms with Gasteiger partial charge in [-0.2, -0.15) is 0 Å². The second-order valence-electron chi connectivity index (χ2n) is 4.34. The zero-order valence-corrected chi connectivity index (χ0v) is 10.1. The Hall–Kier alpha value is -1.12. The lowest BCUT2D eigenvalue weighted by Gasteiger charge is -2.17. The van der Waals surface area contributed by atoms with Crippen molar-refractivity contribution < 1.29 is 0 Å². The van der Waals surface area contributed by atoms with Crippen LogP contribution in [0.2, 0.25) is 0 Å². The molecule has 84 valence electrons. The van der Waals surface area contributed by atoms with Crippen molar-refractivity contribution in [1.29, 1.82) is 0 Å². The number of nitrogens with zero attached hydrogens (tertiary/aromatic N) is 2. The smallest absolute Gasteiger partial charge is 0.129 e. The molecule has 0 radical (unpaired) electrons. The summed E-state index contributed by atoms with van der Waals surface area (Å²) >= 11 is 0. The Morgan fingerprint density at radius 3 is 2.67 bits per heavy atom. The van der Waals surface area contributed by atoms with E-state index in [1.54, 1.807) is 6.33 Å². The van der Waals surface area contributed by atoms with Crippen LogP contribution in [-0.4, -0.2) is 16.0 Å². The number of hydrogen-bond donors (Lipinski definition) is 1. The minimum atomic E-state index is 0.467. The summed E-state index contributed by atoms with van der Waals surface area (Å²) in [5.74, 6) is 1.69. The highest BCUT2D eigenvalue weighted by Gasteiger charge is 2.07. The number of aromatic nitrogens is 2. The van der Waals surface area contributed by atoms with Crippen molar-refractivity contribution in [2.24, 2.45) is 5.92 Å². The number of rotatable bonds is 5. The van der Waals surface area contributed by atoms with E-state index in [1.807, 2.05) is 13.0 Å². The Kier molecular flexibility index (Phi) is 4.53. The summed E-state index contributed by atoms with van der Waals surface area (Å²) < 4.78 is 0. The van der Waals surface area contributed by atoms with Crippen molar-refractivity contribution in [3.05, 3.63) is 18.1 Å². The van der Waals surface area contributed by atoms with Crippen molar-refractivity contribution in [3.8, 4) is 0 Å². The van der Waals surface area contributed by atoms with Gasteiger partial charge in [0.25, 0.3) is 0 Å². The molecule has 1 aromatic heterocycles. The molecule has 0 saturated heterocycles. The van der Waals surface area contributed by atoms with E-state index >= 15 is 0 Å². The summed E-state index contributed by atoms with van der Waals surface area (Å²) in [6, 6.07) is 2.45. The first-order valence-corrected chi connectivity index (χ1v) is 5.67. The minimum absolute atomic E-state index is 0.467. The van der Waals surface area contributed by atoms with Crippen molar-refractivity contribution in [2.45, 2.75) is 46.6 Å². The molecule has 0 amide bonds. The standard InChI is InChI=1S/C12H21N3/c1-5-9(2)6-11(4)15-12-7-10(3)13-8-14-12/h7-9,11H,5-6H2,1-4H3,(H,13,14,15). The molecule has 1 N–H and O–H groups in total. The summed E-state index contributed by atoms with van der Waals surface area (Å²) in [7, 11) is 0. The van der Waals surface area contributed by atoms with Gasteiger partial charge in [-0.25, -0.2) is 9.97 Å². The van der Waals surface area contributed by atoms with Crippen LogP contribution in [0.25, 0.3) is 0 Å². The number of anilines is 1. The van der Waals surface area contributed by atoms with Crippen LogP contribution >= 0.6 is 0 Å². The third-order valence-corrected chi connectivity index (χ3v) is 2.65. The Balaban J connectivity index is 2.47. The molecule has 0 aliphatic rings. The molecule has 0 aliphatic heterocycles. The van der Waals surface area contributed by atoms with Gasteiger partial charge in [-0.05, 0) is 26.2 Å². The van der Waals surface area contributed by atoms with E-state index in [-0.39, 0.29) is 0 Å². The molecule has 1 heterocycles. The molecule has 2 atom stereocenters. The SMILES string of the molecule is CCC(C)CC(C)Nc1cc(C)ncn1. The highest BCUT2D eigenvalue weighted by Crippen LogP contribution is 2.13. The van der Waals surface area contributed by atoms with Gasteiger partial charge in [0.1, 0.15) is 12.1 Å². The minimum Gasteiger partial charge on any atom is -0.368 e. The molecule has 1 aromatic rings. The van der Waals surface area contributed by atoms with E-state index in [1.165, 1.54) is 12.8 Å². The number of hydrogen-bond acceptors (Lipinski definition) is 3. The fourth-order valence-electron chi connectivity index (χ4n) is 1.62. The normalized spacial score (nSPS) is 14.7. The fraction of sp³-hybridized carbons (Fsp3) is 0.667. The van der Waals surface area contributed by atoms with Gasteiger partial charge in [0.2, 0.25) is 0 Å². The third kappa shape index (κ3) is 4.28. The lowest BCUT2D eigenvalue weighted by molar-refractivity contribution is 0.483. The summed E-state index contributed by atoms with van der Waals surface area (Å²) in [4.78, 5) is 8.26. The zero-order valence-electron chi connectivity index (χ0n) is 10.1. The van der Waals surface area contributed by atoms with Crippen LogP contribution < -0.4 is 5.32 Å². The van der Waals surface area contributed by atoms with Crippen LogP contribution in [0.4, 0.5) is 5.82 Å². The second-order valence-corrected chi connectivity index (χ2v) is 4.34. The summed E-state index contributed by atoms with van der Waals surface area (Å²) in [6.45, 7) is 8.69. The summed E-state index contributed by atoms with van der Waals surface area (Å²) in [6.07, 6.45) is 4.02. The molecule has 0 bridgehead atoms. The first kappa shape index (κ1) is 12.0. The monoisotopic (exact) mass is 207 g/mol. The maximum atomic E-state index is 4.19. The molecule has 2 unspecified atom stereocenters. The first-order chi connectivity index (χ1) is 7.11. The first-order valence-electron chi connectivity index (χ1n) is 5.67. The average Bonchev–Trinajstić information content (AvgIpc) is 2.17. The van der Waals surface area contributed by atoms with Crippen LogP contribution in [0.15, 0.2) is 12.4 Å². The van der Waals surface area contributed by atoms with Crippen molar-refractivity contribution in [2.75, 3.05) is 5.32 Å². The molecule has 15 heavy (non-hydrogen) atoms. The van der Waals surface area contributed by atoms with Gasteiger partial charge in [-0.15, -0.1) is 0 Å². The van der Waals surface area contributed by atoms with E-state index in [9.17, 15) is 0 Å². The second kappa shape index (κ2) is 5.69. The lowest BCUT2D eigenvalue weighted by Crippen LogP contribution is -2.19. The Morgan fingerprint density at radius 2 is 2.07 bits per heavy atom. The molecular formula is C12H21N3. The molecule has 0 spiro atoms. The Labute approximate surface area is 92.3 Å². The van der Waals surface area contributed by atoms with Crippen molar-refractivity contribution in [3.63, 3.8) is 0 Å². The Morgan fingerprint density at radius 1 is 1.33 bits per heavy atom. The lowest BCUT2D eigenvalue weighted by atomic mass is 10.0. The Bertz CT molecular complexity index is 299. The van der Waals surface area contributed by atoms with Crippen LogP contribution in [0, 0.1) is 12.8 Å². The maximum absolute atomic E-state index is 4.19. The largest absolute Gasteiger partial charge is 0.368 e. The van der Waals surface area contributed by atoms with Crippen LogP contribution in [-0.2, 0) is 0 Å². The quantitative estimate of drug-likeness (QED) is 0.806. The zero-order chi connectivity index (χ0) is 11.3. The highest BCUT2D eigenvalue weighted by molar-refractivity contribution is 5.35. The van der Waals surface area contributed by atoms with Crippen LogP contribution in [0.5, 0.6) is 0 Å². The van der Waals surface area contributed by atoms with Crippen LogP contribution in [0.1, 0.15) is 39.3 Å². The predicted octanol–water partition coefficient (Wildman–Crippen LogP) is 3.02. The van der Waals surface area contributed by atoms with Gasteiger partial charge in [-0.1, -0.05) is 20.3 Å². The van der Waals surface area contributed by atoms with Crippen molar-refractivity contribution >= 4 is 5.82 Å². The topological polar surface area (TPSA) is 37.8 Å². The molecule has 0 saturated carbocycles. The summed E-state index contributed by atoms with van der Waals surface area (Å²) in [5.41, 5.74) is 1.00. The number of nitrogens with one attached hydrogen (secondary N) is 1. The molecule has 1 rings (SSSR count). The van der Waals surface area contributed by atoms with E-state index in [4.69, 9.17) is 0 Å². The number of aryl methyl sites for hydroxylation is 1. The van der Waals surface area contributed by atoms with Gasteiger partial charge >= 0.3 is 0 Å². The highest BCUT2D eigenvalue weighted by atomic mass is 15.0. The fourth-order valence-corrected chi connectivity index (χ4v) is 1.62. The third-order valence-electron chi connectivity index (χ3n) is 2.65. The predicted molar refractivity (Wildman–Crippen MR) is 63.9 cm³/mol. The molecule has 0 aliphatic carbocycles. The van der Waals surface area contributed by atoms with Gasteiger partial charge < -0.3 is 5.32 Å². The van der Waals surface area contributed by atoms with Crippen molar-refractivity contribution in [1.82, 2.24) is 9.97 Å². The molecule has 0 aromatic carbocycles. The summed E-state index contributed by atoms with van der Waals surface area (Å²) in [5, 5.41) is 3.40.